The molecule has 0 fully saturated rings. The van der Waals surface area contributed by atoms with Crippen LogP contribution in [0.2, 0.25) is 0 Å². The lowest BCUT2D eigenvalue weighted by Crippen LogP contribution is -2.35. The van der Waals surface area contributed by atoms with Gasteiger partial charge in [0.05, 0.1) is 43.9 Å². The summed E-state index contributed by atoms with van der Waals surface area (Å²) in [6.45, 7) is 0. The summed E-state index contributed by atoms with van der Waals surface area (Å²) in [6, 6.07) is 79.1. The number of fused-ring (bicyclic) bond motifs is 15. The minimum Gasteiger partial charge on any atom is -0.456 e. The van der Waals surface area contributed by atoms with Crippen LogP contribution in [-0.2, 0) is 0 Å². The van der Waals surface area contributed by atoms with Crippen LogP contribution in [0.5, 0.6) is 0 Å². The second kappa shape index (κ2) is 15.3. The minimum absolute atomic E-state index is 0.479. The maximum atomic E-state index is 7.15. The van der Waals surface area contributed by atoms with E-state index in [2.05, 4.69) is 215 Å². The number of benzene rings is 10. The van der Waals surface area contributed by atoms with Gasteiger partial charge in [-0.2, -0.15) is 0 Å². The number of nitrogens with zero attached hydrogens (tertiary/aromatic N) is 5. The van der Waals surface area contributed by atoms with Crippen molar-refractivity contribution in [1.82, 2.24) is 14.0 Å². The van der Waals surface area contributed by atoms with Gasteiger partial charge in [-0.1, -0.05) is 176 Å². The predicted octanol–water partition coefficient (Wildman–Crippen LogP) is 16.2. The van der Waals surface area contributed by atoms with Crippen LogP contribution in [0.3, 0.4) is 0 Å². The highest BCUT2D eigenvalue weighted by molar-refractivity contribution is 6.39. The number of hydrogen-bond donors (Lipinski definition) is 0. The Morgan fingerprint density at radius 2 is 0.887 bits per heavy atom. The van der Waals surface area contributed by atoms with Gasteiger partial charge in [0.1, 0.15) is 28.2 Å². The van der Waals surface area contributed by atoms with Gasteiger partial charge in [0.2, 0.25) is 0 Å². The van der Waals surface area contributed by atoms with Gasteiger partial charge in [-0.15, -0.1) is 0 Å². The third kappa shape index (κ3) is 5.77. The van der Waals surface area contributed by atoms with Gasteiger partial charge in [0.15, 0.2) is 12.0 Å². The summed E-state index contributed by atoms with van der Waals surface area (Å²) in [7, 11) is 2.09. The first-order valence-electron chi connectivity index (χ1n) is 24.1. The lowest BCUT2D eigenvalue weighted by molar-refractivity contribution is 0.382. The van der Waals surface area contributed by atoms with E-state index in [1.807, 2.05) is 30.3 Å². The average molecular weight is 912 g/mol. The molecule has 10 aromatic carbocycles. The number of aromatic nitrogens is 2. The van der Waals surface area contributed by atoms with Gasteiger partial charge in [-0.25, -0.2) is 9.98 Å². The second-order valence-corrected chi connectivity index (χ2v) is 18.4. The fourth-order valence-electron chi connectivity index (χ4n) is 11.4. The predicted molar refractivity (Wildman–Crippen MR) is 292 cm³/mol. The van der Waals surface area contributed by atoms with Crippen molar-refractivity contribution < 1.29 is 8.83 Å². The van der Waals surface area contributed by atoms with E-state index in [1.54, 1.807) is 0 Å². The third-order valence-corrected chi connectivity index (χ3v) is 14.6. The summed E-state index contributed by atoms with van der Waals surface area (Å²) in [5.74, 6) is 1.49. The number of aliphatic imine (C=N–C) groups is 2. The summed E-state index contributed by atoms with van der Waals surface area (Å²) in [6.07, 6.45) is -0.479. The van der Waals surface area contributed by atoms with Gasteiger partial charge in [0.25, 0.3) is 0 Å². The lowest BCUT2D eigenvalue weighted by Gasteiger charge is -2.32. The molecule has 1 atom stereocenters. The first-order chi connectivity index (χ1) is 35.2. The minimum atomic E-state index is -0.479. The first-order valence-corrected chi connectivity index (χ1v) is 24.1. The van der Waals surface area contributed by atoms with Crippen molar-refractivity contribution in [3.63, 3.8) is 0 Å². The molecule has 0 spiro atoms. The molecule has 0 N–H and O–H groups in total. The van der Waals surface area contributed by atoms with Crippen LogP contribution in [0.4, 0.5) is 0 Å². The SMILES string of the molecule is CN1C(c2ccc(-c3ccccc3)cc2)=NC(c2ccccc2)=NC1c1ccc(-n2c3ccccc3c3c4oc5ccccc5c4c4c(c5ccccc5n4-c4ccccc4)c32)c2c1oc1ccccc12. The van der Waals surface area contributed by atoms with E-state index in [1.165, 1.54) is 5.56 Å². The van der Waals surface area contributed by atoms with Crippen LogP contribution < -0.4 is 0 Å². The Morgan fingerprint density at radius 1 is 0.394 bits per heavy atom. The molecule has 0 bridgehead atoms. The molecule has 1 unspecified atom stereocenters. The zero-order valence-electron chi connectivity index (χ0n) is 38.5. The van der Waals surface area contributed by atoms with Gasteiger partial charge in [-0.3, -0.25) is 0 Å². The molecule has 4 aromatic heterocycles. The molecule has 15 rings (SSSR count). The fourth-order valence-corrected chi connectivity index (χ4v) is 11.4. The molecule has 14 aromatic rings. The van der Waals surface area contributed by atoms with E-state index in [0.717, 1.165) is 127 Å². The summed E-state index contributed by atoms with van der Waals surface area (Å²) in [4.78, 5) is 13.0. The Hall–Kier alpha value is -9.46. The summed E-state index contributed by atoms with van der Waals surface area (Å²) >= 11 is 0. The van der Waals surface area contributed by atoms with Crippen LogP contribution in [0.1, 0.15) is 22.9 Å². The third-order valence-electron chi connectivity index (χ3n) is 14.6. The Morgan fingerprint density at radius 3 is 1.58 bits per heavy atom. The number of amidine groups is 2. The van der Waals surface area contributed by atoms with E-state index in [4.69, 9.17) is 18.8 Å². The number of para-hydroxylation sites is 5. The first kappa shape index (κ1) is 39.5. The van der Waals surface area contributed by atoms with Gasteiger partial charge in [0, 0.05) is 56.4 Å². The van der Waals surface area contributed by atoms with Crippen molar-refractivity contribution in [2.75, 3.05) is 7.05 Å². The van der Waals surface area contributed by atoms with E-state index in [0.29, 0.717) is 5.84 Å². The van der Waals surface area contributed by atoms with Gasteiger partial charge >= 0.3 is 0 Å². The Bertz CT molecular complexity index is 4520. The molecule has 334 valence electrons. The van der Waals surface area contributed by atoms with Crippen LogP contribution in [0.15, 0.2) is 243 Å². The standard InChI is InChI=1S/C64H41N5O2/c1-67-63(42-35-33-40(34-36-42)39-19-5-2-6-20-39)65-62(41-21-7-3-8-22-41)66-64(67)48-37-38-51(54-46-27-13-17-31-52(46)70-60(48)54)69-50-30-16-12-26-45(50)56-59(69)55-44-25-11-15-29-49(44)68(43-23-9-4-10-24-43)58(55)57-47-28-14-18-32-53(47)71-61(56)57/h2-38,64H,1H3. The van der Waals surface area contributed by atoms with Crippen molar-refractivity contribution in [2.24, 2.45) is 9.98 Å². The molecule has 5 heterocycles. The number of furan rings is 2. The van der Waals surface area contributed by atoms with Crippen molar-refractivity contribution in [3.8, 4) is 22.5 Å². The van der Waals surface area contributed by atoms with Crippen LogP contribution in [-0.4, -0.2) is 32.8 Å². The smallest absolute Gasteiger partial charge is 0.159 e. The molecule has 7 heteroatoms. The summed E-state index contributed by atoms with van der Waals surface area (Å²) in [5.41, 5.74) is 15.0. The van der Waals surface area contributed by atoms with Crippen LogP contribution in [0, 0.1) is 0 Å². The zero-order valence-corrected chi connectivity index (χ0v) is 38.5. The molecular weight excluding hydrogens is 871 g/mol. The number of rotatable bonds is 6. The molecule has 0 saturated carbocycles. The summed E-state index contributed by atoms with van der Waals surface area (Å²) < 4.78 is 19.2. The van der Waals surface area contributed by atoms with Crippen LogP contribution >= 0.6 is 0 Å². The van der Waals surface area contributed by atoms with Crippen molar-refractivity contribution >= 4 is 99.2 Å². The molecular formula is C64H41N5O2. The van der Waals surface area contributed by atoms with Crippen molar-refractivity contribution in [2.45, 2.75) is 6.17 Å². The van der Waals surface area contributed by atoms with E-state index < -0.39 is 6.17 Å². The Balaban J connectivity index is 1.03. The zero-order chi connectivity index (χ0) is 46.7. The quantitative estimate of drug-likeness (QED) is 0.167. The highest BCUT2D eigenvalue weighted by Gasteiger charge is 2.33. The fraction of sp³-hybridized carbons (Fsp3) is 0.0312. The van der Waals surface area contributed by atoms with E-state index >= 15 is 0 Å². The topological polar surface area (TPSA) is 64.1 Å². The highest BCUT2D eigenvalue weighted by Crippen LogP contribution is 2.51. The molecule has 0 amide bonds. The molecule has 1 aliphatic rings. The normalized spacial score (nSPS) is 14.3. The molecule has 0 saturated heterocycles. The average Bonchev–Trinajstić information content (AvgIpc) is 4.21. The highest BCUT2D eigenvalue weighted by atomic mass is 16.3. The molecule has 1 aliphatic heterocycles. The largest absolute Gasteiger partial charge is 0.456 e. The molecule has 0 aliphatic carbocycles. The van der Waals surface area contributed by atoms with Gasteiger partial charge < -0.3 is 22.9 Å². The summed E-state index contributed by atoms with van der Waals surface area (Å²) in [5, 5.41) is 8.71. The Kier molecular flexibility index (Phi) is 8.50. The van der Waals surface area contributed by atoms with E-state index in [9.17, 15) is 0 Å². The Labute approximate surface area is 407 Å². The van der Waals surface area contributed by atoms with Crippen molar-refractivity contribution in [1.29, 1.82) is 0 Å². The lowest BCUT2D eigenvalue weighted by atomic mass is 10.0. The molecule has 7 nitrogen and oxygen atoms in total. The van der Waals surface area contributed by atoms with Crippen LogP contribution in [0.25, 0.3) is 110 Å². The number of hydrogen-bond acceptors (Lipinski definition) is 5. The maximum Gasteiger partial charge on any atom is 0.159 e. The van der Waals surface area contributed by atoms with E-state index in [-0.39, 0.29) is 0 Å². The van der Waals surface area contributed by atoms with Crippen molar-refractivity contribution in [3.05, 3.63) is 241 Å². The maximum absolute atomic E-state index is 7.15. The molecule has 71 heavy (non-hydrogen) atoms. The second-order valence-electron chi connectivity index (χ2n) is 18.4. The monoisotopic (exact) mass is 911 g/mol. The van der Waals surface area contributed by atoms with Gasteiger partial charge in [-0.05, 0) is 59.7 Å². The molecule has 0 radical (unpaired) electrons.